The van der Waals surface area contributed by atoms with Gasteiger partial charge in [-0.2, -0.15) is 0 Å². The quantitative estimate of drug-likeness (QED) is 0.822. The van der Waals surface area contributed by atoms with Crippen molar-refractivity contribution in [3.05, 3.63) is 71.8 Å². The van der Waals surface area contributed by atoms with E-state index in [1.165, 1.54) is 22.3 Å². The number of rotatable bonds is 2. The Morgan fingerprint density at radius 1 is 0.850 bits per heavy atom. The molecule has 1 aliphatic heterocycles. The van der Waals surface area contributed by atoms with Crippen LogP contribution in [-0.4, -0.2) is 18.5 Å². The Hall–Kier alpha value is -1.90. The Morgan fingerprint density at radius 2 is 1.35 bits per heavy atom. The van der Waals surface area contributed by atoms with Crippen LogP contribution in [0.1, 0.15) is 18.1 Å². The van der Waals surface area contributed by atoms with Gasteiger partial charge in [0.25, 0.3) is 0 Å². The van der Waals surface area contributed by atoms with Gasteiger partial charge in [-0.3, -0.25) is 0 Å². The van der Waals surface area contributed by atoms with Crippen LogP contribution >= 0.6 is 0 Å². The van der Waals surface area contributed by atoms with Gasteiger partial charge in [-0.05, 0) is 18.1 Å². The summed E-state index contributed by atoms with van der Waals surface area (Å²) in [7, 11) is 0. The third-order valence-corrected chi connectivity index (χ3v) is 3.86. The molecule has 100 valence electrons. The molecule has 1 atom stereocenters. The number of ether oxygens (including phenoxy) is 2. The summed E-state index contributed by atoms with van der Waals surface area (Å²) >= 11 is 0. The van der Waals surface area contributed by atoms with Crippen LogP contribution in [0.25, 0.3) is 11.1 Å². The molecule has 0 saturated carbocycles. The summed E-state index contributed by atoms with van der Waals surface area (Å²) < 4.78 is 12.1. The van der Waals surface area contributed by atoms with Gasteiger partial charge in [-0.15, -0.1) is 0 Å². The van der Waals surface area contributed by atoms with Crippen LogP contribution in [0.2, 0.25) is 0 Å². The van der Waals surface area contributed by atoms with Crippen LogP contribution in [0.15, 0.2) is 60.7 Å². The van der Waals surface area contributed by atoms with Crippen molar-refractivity contribution in [3.8, 4) is 0 Å². The first-order valence-electron chi connectivity index (χ1n) is 6.99. The van der Waals surface area contributed by atoms with E-state index in [0.29, 0.717) is 6.61 Å². The summed E-state index contributed by atoms with van der Waals surface area (Å²) in [5.41, 5.74) is 4.71. The summed E-state index contributed by atoms with van der Waals surface area (Å²) in [5, 5.41) is 0. The molecule has 0 amide bonds. The zero-order valence-corrected chi connectivity index (χ0v) is 11.4. The van der Waals surface area contributed by atoms with Crippen molar-refractivity contribution in [2.75, 3.05) is 6.61 Å². The second kappa shape index (κ2) is 4.30. The minimum absolute atomic E-state index is 0.134. The Labute approximate surface area is 118 Å². The first-order chi connectivity index (χ1) is 9.81. The minimum Gasteiger partial charge on any atom is -0.339 e. The van der Waals surface area contributed by atoms with Gasteiger partial charge < -0.3 is 9.47 Å². The highest BCUT2D eigenvalue weighted by Gasteiger charge is 2.61. The Morgan fingerprint density at radius 3 is 1.75 bits per heavy atom. The standard InChI is InChI=1S/C18H16O2/c1-13-12-19-18(20-13)16(14-8-4-2-5-9-14)17(18)15-10-6-3-7-11-15/h2-11,13H,12H2,1H3. The zero-order valence-electron chi connectivity index (χ0n) is 11.4. The van der Waals surface area contributed by atoms with Crippen LogP contribution in [-0.2, 0) is 9.47 Å². The lowest BCUT2D eigenvalue weighted by Crippen LogP contribution is -2.17. The lowest BCUT2D eigenvalue weighted by atomic mass is 10.1. The van der Waals surface area contributed by atoms with Gasteiger partial charge in [0.15, 0.2) is 0 Å². The number of hydrogen-bond donors (Lipinski definition) is 0. The molecular formula is C18H16O2. The molecular weight excluding hydrogens is 248 g/mol. The molecule has 0 bridgehead atoms. The topological polar surface area (TPSA) is 18.5 Å². The second-order valence-corrected chi connectivity index (χ2v) is 5.34. The highest BCUT2D eigenvalue weighted by molar-refractivity contribution is 6.16. The first-order valence-corrected chi connectivity index (χ1v) is 6.99. The van der Waals surface area contributed by atoms with E-state index >= 15 is 0 Å². The highest BCUT2D eigenvalue weighted by Crippen LogP contribution is 2.61. The Kier molecular flexibility index (Phi) is 2.56. The molecule has 20 heavy (non-hydrogen) atoms. The molecule has 2 nitrogen and oxygen atoms in total. The van der Waals surface area contributed by atoms with Crippen LogP contribution < -0.4 is 0 Å². The number of benzene rings is 2. The van der Waals surface area contributed by atoms with Crippen LogP contribution in [0.4, 0.5) is 0 Å². The van der Waals surface area contributed by atoms with E-state index < -0.39 is 5.79 Å². The van der Waals surface area contributed by atoms with Gasteiger partial charge in [0.1, 0.15) is 0 Å². The van der Waals surface area contributed by atoms with E-state index in [4.69, 9.17) is 9.47 Å². The van der Waals surface area contributed by atoms with Gasteiger partial charge >= 0.3 is 0 Å². The van der Waals surface area contributed by atoms with E-state index in [1.54, 1.807) is 0 Å². The third-order valence-electron chi connectivity index (χ3n) is 3.86. The molecule has 2 aliphatic rings. The third kappa shape index (κ3) is 1.65. The van der Waals surface area contributed by atoms with Crippen LogP contribution in [0.3, 0.4) is 0 Å². The molecule has 0 N–H and O–H groups in total. The second-order valence-electron chi connectivity index (χ2n) is 5.34. The van der Waals surface area contributed by atoms with E-state index in [1.807, 2.05) is 12.1 Å². The molecule has 1 unspecified atom stereocenters. The van der Waals surface area contributed by atoms with Gasteiger partial charge in [-0.25, -0.2) is 0 Å². The molecule has 0 radical (unpaired) electrons. The van der Waals surface area contributed by atoms with Crippen molar-refractivity contribution < 1.29 is 9.47 Å². The molecule has 0 aromatic heterocycles. The van der Waals surface area contributed by atoms with Crippen molar-refractivity contribution in [1.82, 2.24) is 0 Å². The SMILES string of the molecule is CC1COC2(O1)C(c1ccccc1)=C2c1ccccc1. The fraction of sp³-hybridized carbons (Fsp3) is 0.222. The fourth-order valence-corrected chi connectivity index (χ4v) is 2.97. The Bertz CT molecular complexity index is 609. The minimum atomic E-state index is -0.609. The van der Waals surface area contributed by atoms with E-state index in [2.05, 4.69) is 55.5 Å². The zero-order chi connectivity index (χ0) is 13.6. The fourth-order valence-electron chi connectivity index (χ4n) is 2.97. The lowest BCUT2D eigenvalue weighted by Gasteiger charge is -2.13. The van der Waals surface area contributed by atoms with Gasteiger partial charge in [0.05, 0.1) is 12.7 Å². The molecule has 1 fully saturated rings. The van der Waals surface area contributed by atoms with Crippen LogP contribution in [0.5, 0.6) is 0 Å². The smallest absolute Gasteiger partial charge is 0.224 e. The van der Waals surface area contributed by atoms with Crippen molar-refractivity contribution in [2.45, 2.75) is 18.8 Å². The highest BCUT2D eigenvalue weighted by atomic mass is 16.8. The first kappa shape index (κ1) is 11.9. The summed E-state index contributed by atoms with van der Waals surface area (Å²) in [6.45, 7) is 2.70. The number of hydrogen-bond acceptors (Lipinski definition) is 2. The largest absolute Gasteiger partial charge is 0.339 e. The summed E-state index contributed by atoms with van der Waals surface area (Å²) in [4.78, 5) is 0. The molecule has 2 heteroatoms. The predicted octanol–water partition coefficient (Wildman–Crippen LogP) is 3.74. The van der Waals surface area contributed by atoms with E-state index in [9.17, 15) is 0 Å². The van der Waals surface area contributed by atoms with Gasteiger partial charge in [-0.1, -0.05) is 60.7 Å². The van der Waals surface area contributed by atoms with Crippen molar-refractivity contribution >= 4 is 11.1 Å². The van der Waals surface area contributed by atoms with Crippen molar-refractivity contribution in [2.24, 2.45) is 0 Å². The molecule has 2 aromatic rings. The molecule has 4 rings (SSSR count). The summed E-state index contributed by atoms with van der Waals surface area (Å²) in [6, 6.07) is 20.7. The molecule has 1 spiro atoms. The average Bonchev–Trinajstić information content (AvgIpc) is 2.98. The Balaban J connectivity index is 1.81. The molecule has 1 heterocycles. The monoisotopic (exact) mass is 264 g/mol. The average molecular weight is 264 g/mol. The predicted molar refractivity (Wildman–Crippen MR) is 78.9 cm³/mol. The normalized spacial score (nSPS) is 23.4. The molecule has 2 aromatic carbocycles. The van der Waals surface area contributed by atoms with Crippen molar-refractivity contribution in [3.63, 3.8) is 0 Å². The maximum Gasteiger partial charge on any atom is 0.224 e. The maximum absolute atomic E-state index is 6.10. The van der Waals surface area contributed by atoms with E-state index in [0.717, 1.165) is 0 Å². The van der Waals surface area contributed by atoms with Gasteiger partial charge in [0, 0.05) is 11.1 Å². The van der Waals surface area contributed by atoms with Crippen molar-refractivity contribution in [1.29, 1.82) is 0 Å². The summed E-state index contributed by atoms with van der Waals surface area (Å²) in [5.74, 6) is -0.609. The molecule has 1 aliphatic carbocycles. The van der Waals surface area contributed by atoms with E-state index in [-0.39, 0.29) is 6.10 Å². The molecule has 1 saturated heterocycles. The summed E-state index contributed by atoms with van der Waals surface area (Å²) in [6.07, 6.45) is 0.134. The maximum atomic E-state index is 6.10. The van der Waals surface area contributed by atoms with Gasteiger partial charge in [0.2, 0.25) is 5.79 Å². The van der Waals surface area contributed by atoms with Crippen LogP contribution in [0, 0.1) is 0 Å². The lowest BCUT2D eigenvalue weighted by molar-refractivity contribution is -0.0459.